The zero-order valence-corrected chi connectivity index (χ0v) is 21.8. The third-order valence-corrected chi connectivity index (χ3v) is 6.49. The van der Waals surface area contributed by atoms with E-state index in [1.165, 1.54) is 24.8 Å². The number of nitrogens with one attached hydrogen (secondary N) is 2. The van der Waals surface area contributed by atoms with Gasteiger partial charge in [0.2, 0.25) is 5.91 Å². The van der Waals surface area contributed by atoms with Gasteiger partial charge in [-0.25, -0.2) is 0 Å². The Labute approximate surface area is 203 Å². The Morgan fingerprint density at radius 3 is 2.65 bits per heavy atom. The highest BCUT2D eigenvalue weighted by Gasteiger charge is 2.31. The molecule has 1 saturated carbocycles. The zero-order chi connectivity index (χ0) is 21.5. The first kappa shape index (κ1) is 25.9. The van der Waals surface area contributed by atoms with Crippen molar-refractivity contribution in [2.75, 3.05) is 33.9 Å². The minimum Gasteiger partial charge on any atom is -0.383 e. The number of aromatic nitrogens is 2. The molecule has 1 aromatic heterocycles. The van der Waals surface area contributed by atoms with Crippen LogP contribution in [-0.2, 0) is 22.6 Å². The van der Waals surface area contributed by atoms with Gasteiger partial charge in [-0.2, -0.15) is 5.10 Å². The molecule has 8 nitrogen and oxygen atoms in total. The van der Waals surface area contributed by atoms with E-state index in [1.54, 1.807) is 14.2 Å². The largest absolute Gasteiger partial charge is 0.383 e. The van der Waals surface area contributed by atoms with E-state index in [-0.39, 0.29) is 35.9 Å². The molecule has 0 aromatic carbocycles. The van der Waals surface area contributed by atoms with E-state index in [0.29, 0.717) is 19.1 Å². The van der Waals surface area contributed by atoms with Crippen LogP contribution < -0.4 is 10.6 Å². The number of nitrogens with zero attached hydrogens (tertiary/aromatic N) is 4. The Balaban J connectivity index is 0.00000341. The van der Waals surface area contributed by atoms with Crippen molar-refractivity contribution in [3.05, 3.63) is 17.0 Å². The van der Waals surface area contributed by atoms with Gasteiger partial charge in [-0.15, -0.1) is 24.0 Å². The van der Waals surface area contributed by atoms with Crippen molar-refractivity contribution in [1.29, 1.82) is 0 Å². The van der Waals surface area contributed by atoms with Gasteiger partial charge in [0.05, 0.1) is 18.8 Å². The van der Waals surface area contributed by atoms with Gasteiger partial charge in [-0.1, -0.05) is 19.3 Å². The molecule has 176 valence electrons. The maximum atomic E-state index is 12.8. The van der Waals surface area contributed by atoms with Gasteiger partial charge >= 0.3 is 0 Å². The molecule has 1 amide bonds. The molecule has 1 aliphatic carbocycles. The monoisotopic (exact) mass is 546 g/mol. The van der Waals surface area contributed by atoms with Gasteiger partial charge in [-0.3, -0.25) is 14.5 Å². The van der Waals surface area contributed by atoms with E-state index >= 15 is 0 Å². The second kappa shape index (κ2) is 12.6. The van der Waals surface area contributed by atoms with Gasteiger partial charge in [-0.05, 0) is 33.1 Å². The summed E-state index contributed by atoms with van der Waals surface area (Å²) in [6, 6.07) is 0.246. The highest BCUT2D eigenvalue weighted by molar-refractivity contribution is 14.0. The summed E-state index contributed by atoms with van der Waals surface area (Å²) in [5.41, 5.74) is 3.36. The van der Waals surface area contributed by atoms with Gasteiger partial charge in [0, 0.05) is 57.0 Å². The van der Waals surface area contributed by atoms with Gasteiger partial charge in [0.25, 0.3) is 0 Å². The van der Waals surface area contributed by atoms with Gasteiger partial charge in [0.1, 0.15) is 0 Å². The highest BCUT2D eigenvalue weighted by Crippen LogP contribution is 2.26. The van der Waals surface area contributed by atoms with Crippen LogP contribution in [0.3, 0.4) is 0 Å². The van der Waals surface area contributed by atoms with Crippen LogP contribution in [0.25, 0.3) is 0 Å². The van der Waals surface area contributed by atoms with E-state index in [2.05, 4.69) is 32.5 Å². The summed E-state index contributed by atoms with van der Waals surface area (Å²) in [7, 11) is 3.49. The average molecular weight is 546 g/mol. The summed E-state index contributed by atoms with van der Waals surface area (Å²) >= 11 is 0. The molecule has 1 aromatic rings. The molecule has 1 aliphatic heterocycles. The van der Waals surface area contributed by atoms with E-state index in [0.717, 1.165) is 56.2 Å². The van der Waals surface area contributed by atoms with Crippen LogP contribution in [0.15, 0.2) is 4.99 Å². The van der Waals surface area contributed by atoms with Crippen LogP contribution >= 0.6 is 24.0 Å². The van der Waals surface area contributed by atoms with Crippen molar-refractivity contribution in [2.24, 2.45) is 10.9 Å². The maximum Gasteiger partial charge on any atom is 0.225 e. The Hall–Kier alpha value is -1.36. The molecule has 0 bridgehead atoms. The number of halogens is 1. The summed E-state index contributed by atoms with van der Waals surface area (Å²) < 4.78 is 7.17. The molecule has 2 aliphatic rings. The molecule has 0 spiro atoms. The quantitative estimate of drug-likeness (QED) is 0.312. The number of amides is 1. The lowest BCUT2D eigenvalue weighted by molar-refractivity contribution is -0.135. The predicted octanol–water partition coefficient (Wildman–Crippen LogP) is 2.61. The number of aliphatic imine (C=N–C) groups is 1. The third kappa shape index (κ3) is 6.81. The summed E-state index contributed by atoms with van der Waals surface area (Å²) in [5.74, 6) is 1.38. The molecule has 0 radical (unpaired) electrons. The smallest absolute Gasteiger partial charge is 0.225 e. The van der Waals surface area contributed by atoms with Crippen LogP contribution in [0.2, 0.25) is 0 Å². The first-order valence-corrected chi connectivity index (χ1v) is 11.3. The number of guanidine groups is 1. The van der Waals surface area contributed by atoms with Crippen LogP contribution in [0.5, 0.6) is 0 Å². The molecule has 1 atom stereocenters. The molecular formula is C22H39IN6O2. The summed E-state index contributed by atoms with van der Waals surface area (Å²) in [6.07, 6.45) is 6.76. The fourth-order valence-corrected chi connectivity index (χ4v) is 4.63. The number of ether oxygens (including phenoxy) is 1. The number of methoxy groups -OCH3 is 1. The van der Waals surface area contributed by atoms with Gasteiger partial charge < -0.3 is 20.3 Å². The molecule has 1 unspecified atom stereocenters. The summed E-state index contributed by atoms with van der Waals surface area (Å²) in [6.45, 7) is 7.81. The minimum absolute atomic E-state index is 0. The molecular weight excluding hydrogens is 507 g/mol. The number of carbonyl (C=O) groups excluding carboxylic acids is 1. The van der Waals surface area contributed by atoms with Crippen molar-refractivity contribution < 1.29 is 9.53 Å². The van der Waals surface area contributed by atoms with E-state index in [9.17, 15) is 4.79 Å². The van der Waals surface area contributed by atoms with E-state index in [1.807, 2.05) is 11.6 Å². The lowest BCUT2D eigenvalue weighted by Crippen LogP contribution is -2.45. The van der Waals surface area contributed by atoms with Crippen molar-refractivity contribution in [1.82, 2.24) is 25.3 Å². The van der Waals surface area contributed by atoms with Gasteiger partial charge in [0.15, 0.2) is 5.96 Å². The zero-order valence-electron chi connectivity index (χ0n) is 19.4. The van der Waals surface area contributed by atoms with Crippen LogP contribution in [0.1, 0.15) is 55.5 Å². The van der Waals surface area contributed by atoms with E-state index in [4.69, 9.17) is 4.74 Å². The summed E-state index contributed by atoms with van der Waals surface area (Å²) in [4.78, 5) is 19.2. The van der Waals surface area contributed by atoms with Crippen molar-refractivity contribution >= 4 is 35.8 Å². The molecule has 2 N–H and O–H groups in total. The van der Waals surface area contributed by atoms with Crippen LogP contribution in [-0.4, -0.2) is 66.4 Å². The van der Waals surface area contributed by atoms with Crippen LogP contribution in [0, 0.1) is 19.8 Å². The lowest BCUT2D eigenvalue weighted by atomic mass is 9.88. The fourth-order valence-electron chi connectivity index (χ4n) is 4.63. The standard InChI is InChI=1S/C22H38N6O2.HI/c1-16-20(17(2)28(26-16)12-13-30-4)14-24-22(23-3)25-19-10-11-27(15-19)21(29)18-8-6-5-7-9-18;/h18-19H,5-15H2,1-4H3,(H2,23,24,25);1H. The summed E-state index contributed by atoms with van der Waals surface area (Å²) in [5, 5.41) is 11.5. The van der Waals surface area contributed by atoms with Crippen molar-refractivity contribution in [3.8, 4) is 0 Å². The van der Waals surface area contributed by atoms with Crippen LogP contribution in [0.4, 0.5) is 0 Å². The number of carbonyl (C=O) groups is 1. The average Bonchev–Trinajstić information content (AvgIpc) is 3.34. The number of likely N-dealkylation sites (tertiary alicyclic amines) is 1. The van der Waals surface area contributed by atoms with E-state index < -0.39 is 0 Å². The highest BCUT2D eigenvalue weighted by atomic mass is 127. The van der Waals surface area contributed by atoms with Crippen molar-refractivity contribution in [2.45, 2.75) is 71.5 Å². The maximum absolute atomic E-state index is 12.8. The Bertz CT molecular complexity index is 745. The third-order valence-electron chi connectivity index (χ3n) is 6.49. The minimum atomic E-state index is 0. The SMILES string of the molecule is CN=C(NCc1c(C)nn(CCOC)c1C)NC1CCN(C(=O)C2CCCCC2)C1.I. The lowest BCUT2D eigenvalue weighted by Gasteiger charge is -2.26. The fraction of sp³-hybridized carbons (Fsp3) is 0.773. The number of hydrogen-bond donors (Lipinski definition) is 2. The number of hydrogen-bond acceptors (Lipinski definition) is 4. The normalized spacial score (nSPS) is 19.9. The van der Waals surface area contributed by atoms with Crippen molar-refractivity contribution in [3.63, 3.8) is 0 Å². The second-order valence-corrected chi connectivity index (χ2v) is 8.54. The number of aryl methyl sites for hydroxylation is 1. The topological polar surface area (TPSA) is 83.8 Å². The second-order valence-electron chi connectivity index (χ2n) is 8.54. The Morgan fingerprint density at radius 1 is 1.23 bits per heavy atom. The molecule has 2 fully saturated rings. The Kier molecular flexibility index (Phi) is 10.5. The molecule has 2 heterocycles. The first-order valence-electron chi connectivity index (χ1n) is 11.3. The Morgan fingerprint density at radius 2 is 1.97 bits per heavy atom. The molecule has 3 rings (SSSR count). The molecule has 1 saturated heterocycles. The molecule has 31 heavy (non-hydrogen) atoms. The number of rotatable bonds is 7. The first-order chi connectivity index (χ1) is 14.5. The predicted molar refractivity (Wildman–Crippen MR) is 134 cm³/mol. The molecule has 9 heteroatoms.